The van der Waals surface area contributed by atoms with Crippen molar-refractivity contribution in [3.63, 3.8) is 0 Å². The second-order valence-electron chi connectivity index (χ2n) is 4.76. The monoisotopic (exact) mass is 270 g/mol. The van der Waals surface area contributed by atoms with Crippen LogP contribution in [0.3, 0.4) is 0 Å². The number of rotatable bonds is 5. The van der Waals surface area contributed by atoms with E-state index < -0.39 is 0 Å². The Kier molecular flexibility index (Phi) is 4.65. The standard InChI is InChI=1S/C15H18N4O/c1-19(2)15(20)7-12-3-5-14(6-4-12)18-10-13-8-16-11-17-9-13/h3-6,8-9,11,18H,7,10H2,1-2H3. The first-order valence-corrected chi connectivity index (χ1v) is 6.42. The highest BCUT2D eigenvalue weighted by molar-refractivity contribution is 5.78. The molecule has 0 radical (unpaired) electrons. The van der Waals surface area contributed by atoms with E-state index in [-0.39, 0.29) is 5.91 Å². The molecule has 0 saturated heterocycles. The van der Waals surface area contributed by atoms with Crippen LogP contribution in [0.2, 0.25) is 0 Å². The number of amides is 1. The largest absolute Gasteiger partial charge is 0.381 e. The molecule has 1 heterocycles. The molecule has 1 aromatic carbocycles. The highest BCUT2D eigenvalue weighted by atomic mass is 16.2. The number of carbonyl (C=O) groups is 1. The fourth-order valence-corrected chi connectivity index (χ4v) is 1.70. The highest BCUT2D eigenvalue weighted by Crippen LogP contribution is 2.11. The molecule has 0 atom stereocenters. The van der Waals surface area contributed by atoms with E-state index in [0.717, 1.165) is 16.8 Å². The van der Waals surface area contributed by atoms with Gasteiger partial charge < -0.3 is 10.2 Å². The number of hydrogen-bond donors (Lipinski definition) is 1. The van der Waals surface area contributed by atoms with Crippen molar-refractivity contribution in [1.82, 2.24) is 14.9 Å². The zero-order valence-corrected chi connectivity index (χ0v) is 11.7. The lowest BCUT2D eigenvalue weighted by molar-refractivity contribution is -0.127. The number of nitrogens with zero attached hydrogens (tertiary/aromatic N) is 3. The lowest BCUT2D eigenvalue weighted by Gasteiger charge is -2.11. The summed E-state index contributed by atoms with van der Waals surface area (Å²) in [6, 6.07) is 7.88. The third-order valence-electron chi connectivity index (χ3n) is 2.92. The lowest BCUT2D eigenvalue weighted by Crippen LogP contribution is -2.23. The van der Waals surface area contributed by atoms with Gasteiger partial charge in [0, 0.05) is 44.3 Å². The normalized spacial score (nSPS) is 10.1. The molecule has 0 aliphatic heterocycles. The summed E-state index contributed by atoms with van der Waals surface area (Å²) in [6.45, 7) is 0.677. The van der Waals surface area contributed by atoms with Crippen molar-refractivity contribution in [2.75, 3.05) is 19.4 Å². The minimum Gasteiger partial charge on any atom is -0.381 e. The summed E-state index contributed by atoms with van der Waals surface area (Å²) < 4.78 is 0. The smallest absolute Gasteiger partial charge is 0.226 e. The number of hydrogen-bond acceptors (Lipinski definition) is 4. The van der Waals surface area contributed by atoms with Crippen LogP contribution in [0.1, 0.15) is 11.1 Å². The first-order chi connectivity index (χ1) is 9.65. The van der Waals surface area contributed by atoms with E-state index in [1.54, 1.807) is 31.4 Å². The predicted octanol–water partition coefficient (Wildman–Crippen LogP) is 1.72. The molecule has 0 aliphatic carbocycles. The number of nitrogens with one attached hydrogen (secondary N) is 1. The molecule has 1 aromatic heterocycles. The number of anilines is 1. The molecule has 5 heteroatoms. The Balaban J connectivity index is 1.90. The van der Waals surface area contributed by atoms with Crippen molar-refractivity contribution in [3.8, 4) is 0 Å². The molecule has 104 valence electrons. The Morgan fingerprint density at radius 1 is 1.10 bits per heavy atom. The van der Waals surface area contributed by atoms with Crippen LogP contribution in [0.25, 0.3) is 0 Å². The molecular weight excluding hydrogens is 252 g/mol. The van der Waals surface area contributed by atoms with Gasteiger partial charge in [-0.05, 0) is 17.7 Å². The third-order valence-corrected chi connectivity index (χ3v) is 2.92. The van der Waals surface area contributed by atoms with Gasteiger partial charge in [-0.2, -0.15) is 0 Å². The van der Waals surface area contributed by atoms with Crippen LogP contribution in [-0.4, -0.2) is 34.9 Å². The van der Waals surface area contributed by atoms with E-state index in [1.165, 1.54) is 6.33 Å². The van der Waals surface area contributed by atoms with Crippen LogP contribution < -0.4 is 5.32 Å². The topological polar surface area (TPSA) is 58.1 Å². The van der Waals surface area contributed by atoms with Crippen molar-refractivity contribution in [1.29, 1.82) is 0 Å². The second-order valence-corrected chi connectivity index (χ2v) is 4.76. The summed E-state index contributed by atoms with van der Waals surface area (Å²) in [6.07, 6.45) is 5.51. The molecule has 0 unspecified atom stereocenters. The van der Waals surface area contributed by atoms with Gasteiger partial charge in [-0.1, -0.05) is 12.1 Å². The van der Waals surface area contributed by atoms with E-state index in [4.69, 9.17) is 0 Å². The Hall–Kier alpha value is -2.43. The average Bonchev–Trinajstić information content (AvgIpc) is 2.47. The van der Waals surface area contributed by atoms with Crippen LogP contribution in [0.5, 0.6) is 0 Å². The Bertz CT molecular complexity index is 552. The van der Waals surface area contributed by atoms with Crippen LogP contribution >= 0.6 is 0 Å². The maximum Gasteiger partial charge on any atom is 0.226 e. The number of aromatic nitrogens is 2. The molecule has 0 saturated carbocycles. The molecule has 2 rings (SSSR count). The van der Waals surface area contributed by atoms with Gasteiger partial charge in [-0.25, -0.2) is 9.97 Å². The SMILES string of the molecule is CN(C)C(=O)Cc1ccc(NCc2cncnc2)cc1. The maximum absolute atomic E-state index is 11.6. The van der Waals surface area contributed by atoms with Gasteiger partial charge in [0.05, 0.1) is 6.42 Å². The quantitative estimate of drug-likeness (QED) is 0.898. The molecule has 0 aliphatic rings. The van der Waals surface area contributed by atoms with Gasteiger partial charge in [0.2, 0.25) is 5.91 Å². The van der Waals surface area contributed by atoms with E-state index >= 15 is 0 Å². The highest BCUT2D eigenvalue weighted by Gasteiger charge is 2.05. The van der Waals surface area contributed by atoms with Gasteiger partial charge in [0.15, 0.2) is 0 Å². The van der Waals surface area contributed by atoms with Crippen LogP contribution in [0, 0.1) is 0 Å². The van der Waals surface area contributed by atoms with Crippen molar-refractivity contribution >= 4 is 11.6 Å². The summed E-state index contributed by atoms with van der Waals surface area (Å²) in [5, 5.41) is 3.29. The molecule has 0 spiro atoms. The van der Waals surface area contributed by atoms with Crippen LogP contribution in [-0.2, 0) is 17.8 Å². The molecule has 1 N–H and O–H groups in total. The van der Waals surface area contributed by atoms with E-state index in [1.807, 2.05) is 24.3 Å². The van der Waals surface area contributed by atoms with Crippen molar-refractivity contribution in [3.05, 3.63) is 54.1 Å². The van der Waals surface area contributed by atoms with E-state index in [9.17, 15) is 4.79 Å². The summed E-state index contributed by atoms with van der Waals surface area (Å²) in [5.41, 5.74) is 3.05. The Labute approximate surface area is 118 Å². The van der Waals surface area contributed by atoms with Gasteiger partial charge in [0.1, 0.15) is 6.33 Å². The second kappa shape index (κ2) is 6.65. The van der Waals surface area contributed by atoms with Gasteiger partial charge >= 0.3 is 0 Å². The van der Waals surface area contributed by atoms with E-state index in [2.05, 4.69) is 15.3 Å². The molecular formula is C15H18N4O. The zero-order chi connectivity index (χ0) is 14.4. The van der Waals surface area contributed by atoms with Crippen molar-refractivity contribution in [2.45, 2.75) is 13.0 Å². The fourth-order valence-electron chi connectivity index (χ4n) is 1.70. The molecule has 20 heavy (non-hydrogen) atoms. The van der Waals surface area contributed by atoms with Crippen molar-refractivity contribution in [2.24, 2.45) is 0 Å². The van der Waals surface area contributed by atoms with E-state index in [0.29, 0.717) is 13.0 Å². The Morgan fingerprint density at radius 2 is 1.75 bits per heavy atom. The summed E-state index contributed by atoms with van der Waals surface area (Å²) in [4.78, 5) is 21.1. The summed E-state index contributed by atoms with van der Waals surface area (Å²) >= 11 is 0. The molecule has 0 fully saturated rings. The number of likely N-dealkylation sites (N-methyl/N-ethyl adjacent to an activating group) is 1. The summed E-state index contributed by atoms with van der Waals surface area (Å²) in [5.74, 6) is 0.104. The predicted molar refractivity (Wildman–Crippen MR) is 78.2 cm³/mol. The molecule has 2 aromatic rings. The minimum atomic E-state index is 0.104. The Morgan fingerprint density at radius 3 is 2.35 bits per heavy atom. The zero-order valence-electron chi connectivity index (χ0n) is 11.7. The van der Waals surface area contributed by atoms with Crippen LogP contribution in [0.15, 0.2) is 43.0 Å². The van der Waals surface area contributed by atoms with Crippen LogP contribution in [0.4, 0.5) is 5.69 Å². The molecule has 5 nitrogen and oxygen atoms in total. The summed E-state index contributed by atoms with van der Waals surface area (Å²) in [7, 11) is 3.53. The molecule has 1 amide bonds. The molecule has 0 bridgehead atoms. The number of benzene rings is 1. The third kappa shape index (κ3) is 4.05. The number of carbonyl (C=O) groups excluding carboxylic acids is 1. The first kappa shape index (κ1) is 14.0. The first-order valence-electron chi connectivity index (χ1n) is 6.42. The minimum absolute atomic E-state index is 0.104. The fraction of sp³-hybridized carbons (Fsp3) is 0.267. The van der Waals surface area contributed by atoms with Gasteiger partial charge in [0.25, 0.3) is 0 Å². The van der Waals surface area contributed by atoms with Gasteiger partial charge in [-0.15, -0.1) is 0 Å². The average molecular weight is 270 g/mol. The van der Waals surface area contributed by atoms with Crippen molar-refractivity contribution < 1.29 is 4.79 Å². The lowest BCUT2D eigenvalue weighted by atomic mass is 10.1. The van der Waals surface area contributed by atoms with Gasteiger partial charge in [-0.3, -0.25) is 4.79 Å². The maximum atomic E-state index is 11.6.